The van der Waals surface area contributed by atoms with Gasteiger partial charge < -0.3 is 10.2 Å². The Kier molecular flexibility index (Phi) is 1.74. The number of hydrogen-bond acceptors (Lipinski definition) is 1. The summed E-state index contributed by atoms with van der Waals surface area (Å²) in [6.07, 6.45) is 2.60. The number of carbonyl (C=O) groups excluding carboxylic acids is 1. The van der Waals surface area contributed by atoms with Crippen LogP contribution in [0.25, 0.3) is 0 Å². The van der Waals surface area contributed by atoms with E-state index in [4.69, 9.17) is 0 Å². The van der Waals surface area contributed by atoms with Crippen LogP contribution in [0.15, 0.2) is 0 Å². The Morgan fingerprint density at radius 1 is 1.50 bits per heavy atom. The molecule has 0 bridgehead atoms. The molecule has 2 fully saturated rings. The van der Waals surface area contributed by atoms with Crippen LogP contribution in [-0.4, -0.2) is 29.6 Å². The number of rotatable bonds is 2. The van der Waals surface area contributed by atoms with Crippen molar-refractivity contribution in [2.45, 2.75) is 38.8 Å². The van der Waals surface area contributed by atoms with Gasteiger partial charge in [-0.1, -0.05) is 0 Å². The van der Waals surface area contributed by atoms with E-state index in [2.05, 4.69) is 19.2 Å². The number of hydrogen-bond donors (Lipinski definition) is 1. The molecule has 2 rings (SSSR count). The van der Waals surface area contributed by atoms with E-state index in [9.17, 15) is 4.79 Å². The lowest BCUT2D eigenvalue weighted by molar-refractivity contribution is 0.205. The number of carbonyl (C=O) groups is 1. The van der Waals surface area contributed by atoms with Gasteiger partial charge in [0.15, 0.2) is 0 Å². The Morgan fingerprint density at radius 2 is 2.17 bits per heavy atom. The molecule has 0 aromatic heterocycles. The SMILES string of the molecule is CC(C)N1C[C@@H](C2CC2)NC1=O. The van der Waals surface area contributed by atoms with Gasteiger partial charge in [0.2, 0.25) is 0 Å². The van der Waals surface area contributed by atoms with Crippen molar-refractivity contribution >= 4 is 6.03 Å². The first-order valence-electron chi connectivity index (χ1n) is 4.75. The molecule has 1 saturated carbocycles. The molecule has 1 atom stereocenters. The van der Waals surface area contributed by atoms with Crippen LogP contribution < -0.4 is 5.32 Å². The zero-order chi connectivity index (χ0) is 8.72. The number of amides is 2. The van der Waals surface area contributed by atoms with Crippen LogP contribution in [0.4, 0.5) is 4.79 Å². The first-order chi connectivity index (χ1) is 5.68. The predicted molar refractivity (Wildman–Crippen MR) is 46.9 cm³/mol. The summed E-state index contributed by atoms with van der Waals surface area (Å²) >= 11 is 0. The standard InChI is InChI=1S/C9H16N2O/c1-6(2)11-5-8(7-3-4-7)10-9(11)12/h6-8H,3-5H2,1-2H3,(H,10,12)/t8-/m0/s1. The molecule has 2 aliphatic rings. The van der Waals surface area contributed by atoms with Crippen molar-refractivity contribution in [3.05, 3.63) is 0 Å². The minimum atomic E-state index is 0.127. The van der Waals surface area contributed by atoms with Gasteiger partial charge in [-0.25, -0.2) is 4.79 Å². The molecule has 3 heteroatoms. The fourth-order valence-electron chi connectivity index (χ4n) is 1.79. The van der Waals surface area contributed by atoms with E-state index >= 15 is 0 Å². The van der Waals surface area contributed by atoms with E-state index in [1.54, 1.807) is 0 Å². The second kappa shape index (κ2) is 2.64. The van der Waals surface area contributed by atoms with Gasteiger partial charge in [-0.15, -0.1) is 0 Å². The molecular weight excluding hydrogens is 152 g/mol. The molecule has 1 aliphatic heterocycles. The normalized spacial score (nSPS) is 29.8. The first-order valence-corrected chi connectivity index (χ1v) is 4.75. The minimum absolute atomic E-state index is 0.127. The van der Waals surface area contributed by atoms with Crippen LogP contribution in [0.5, 0.6) is 0 Å². The maximum Gasteiger partial charge on any atom is 0.317 e. The molecule has 0 aromatic carbocycles. The van der Waals surface area contributed by atoms with Gasteiger partial charge in [0.05, 0.1) is 6.04 Å². The lowest BCUT2D eigenvalue weighted by atomic mass is 10.2. The van der Waals surface area contributed by atoms with Crippen LogP contribution in [0.2, 0.25) is 0 Å². The zero-order valence-electron chi connectivity index (χ0n) is 7.71. The lowest BCUT2D eigenvalue weighted by Gasteiger charge is -2.18. The van der Waals surface area contributed by atoms with Crippen LogP contribution in [0, 0.1) is 5.92 Å². The topological polar surface area (TPSA) is 32.3 Å². The van der Waals surface area contributed by atoms with E-state index in [-0.39, 0.29) is 6.03 Å². The molecule has 12 heavy (non-hydrogen) atoms. The molecule has 0 radical (unpaired) electrons. The summed E-state index contributed by atoms with van der Waals surface area (Å²) in [6, 6.07) is 0.913. The van der Waals surface area contributed by atoms with E-state index in [0.29, 0.717) is 12.1 Å². The Hall–Kier alpha value is -0.730. The molecule has 1 N–H and O–H groups in total. The van der Waals surface area contributed by atoms with Crippen LogP contribution in [-0.2, 0) is 0 Å². The highest BCUT2D eigenvalue weighted by atomic mass is 16.2. The van der Waals surface area contributed by atoms with Gasteiger partial charge in [0.1, 0.15) is 0 Å². The molecular formula is C9H16N2O. The van der Waals surface area contributed by atoms with Crippen molar-refractivity contribution in [2.75, 3.05) is 6.54 Å². The second-order valence-corrected chi connectivity index (χ2v) is 4.14. The summed E-state index contributed by atoms with van der Waals surface area (Å²) in [5.74, 6) is 0.776. The zero-order valence-corrected chi connectivity index (χ0v) is 7.71. The Labute approximate surface area is 73.1 Å². The molecule has 68 valence electrons. The van der Waals surface area contributed by atoms with Gasteiger partial charge in [-0.05, 0) is 32.6 Å². The fourth-order valence-corrected chi connectivity index (χ4v) is 1.79. The molecule has 1 aliphatic carbocycles. The summed E-state index contributed by atoms with van der Waals surface area (Å²) in [6.45, 7) is 5.05. The first kappa shape index (κ1) is 7.90. The summed E-state index contributed by atoms with van der Waals surface area (Å²) in [4.78, 5) is 13.3. The van der Waals surface area contributed by atoms with Crippen molar-refractivity contribution in [3.63, 3.8) is 0 Å². The fraction of sp³-hybridized carbons (Fsp3) is 0.889. The monoisotopic (exact) mass is 168 g/mol. The number of urea groups is 1. The van der Waals surface area contributed by atoms with E-state index in [1.165, 1.54) is 12.8 Å². The molecule has 1 heterocycles. The maximum absolute atomic E-state index is 11.4. The molecule has 2 amide bonds. The average molecular weight is 168 g/mol. The Balaban J connectivity index is 1.96. The molecule has 3 nitrogen and oxygen atoms in total. The van der Waals surface area contributed by atoms with Gasteiger partial charge in [-0.2, -0.15) is 0 Å². The minimum Gasteiger partial charge on any atom is -0.333 e. The highest BCUT2D eigenvalue weighted by Gasteiger charge is 2.39. The van der Waals surface area contributed by atoms with Crippen LogP contribution >= 0.6 is 0 Å². The third-order valence-corrected chi connectivity index (χ3v) is 2.78. The van der Waals surface area contributed by atoms with Crippen LogP contribution in [0.1, 0.15) is 26.7 Å². The van der Waals surface area contributed by atoms with Gasteiger partial charge >= 0.3 is 6.03 Å². The summed E-state index contributed by atoms with van der Waals surface area (Å²) in [7, 11) is 0. The quantitative estimate of drug-likeness (QED) is 0.660. The Bertz CT molecular complexity index is 199. The maximum atomic E-state index is 11.4. The van der Waals surface area contributed by atoms with Gasteiger partial charge in [0.25, 0.3) is 0 Å². The number of nitrogens with zero attached hydrogens (tertiary/aromatic N) is 1. The highest BCUT2D eigenvalue weighted by Crippen LogP contribution is 2.34. The van der Waals surface area contributed by atoms with Gasteiger partial charge in [0, 0.05) is 12.6 Å². The summed E-state index contributed by atoms with van der Waals surface area (Å²) < 4.78 is 0. The van der Waals surface area contributed by atoms with Crippen molar-refractivity contribution < 1.29 is 4.79 Å². The van der Waals surface area contributed by atoms with Crippen molar-refractivity contribution in [1.82, 2.24) is 10.2 Å². The molecule has 0 unspecified atom stereocenters. The summed E-state index contributed by atoms with van der Waals surface area (Å²) in [5, 5.41) is 3.03. The smallest absolute Gasteiger partial charge is 0.317 e. The van der Waals surface area contributed by atoms with Crippen molar-refractivity contribution in [3.8, 4) is 0 Å². The third kappa shape index (κ3) is 1.28. The van der Waals surface area contributed by atoms with Crippen molar-refractivity contribution in [2.24, 2.45) is 5.92 Å². The average Bonchev–Trinajstić information content (AvgIpc) is 2.75. The Morgan fingerprint density at radius 3 is 2.58 bits per heavy atom. The number of nitrogens with one attached hydrogen (secondary N) is 1. The summed E-state index contributed by atoms with van der Waals surface area (Å²) in [5.41, 5.74) is 0. The van der Waals surface area contributed by atoms with Gasteiger partial charge in [-0.3, -0.25) is 0 Å². The molecule has 0 spiro atoms. The van der Waals surface area contributed by atoms with E-state index in [1.807, 2.05) is 4.90 Å². The highest BCUT2D eigenvalue weighted by molar-refractivity contribution is 5.77. The predicted octanol–water partition coefficient (Wildman–Crippen LogP) is 1.20. The van der Waals surface area contributed by atoms with E-state index in [0.717, 1.165) is 12.5 Å². The molecule has 0 aromatic rings. The van der Waals surface area contributed by atoms with Crippen LogP contribution in [0.3, 0.4) is 0 Å². The van der Waals surface area contributed by atoms with E-state index < -0.39 is 0 Å². The molecule has 1 saturated heterocycles. The largest absolute Gasteiger partial charge is 0.333 e. The van der Waals surface area contributed by atoms with Crippen molar-refractivity contribution in [1.29, 1.82) is 0 Å². The lowest BCUT2D eigenvalue weighted by Crippen LogP contribution is -2.33. The second-order valence-electron chi connectivity index (χ2n) is 4.14. The third-order valence-electron chi connectivity index (χ3n) is 2.78.